The van der Waals surface area contributed by atoms with Gasteiger partial charge in [-0.3, -0.25) is 14.3 Å². The number of aromatic nitrogens is 3. The lowest BCUT2D eigenvalue weighted by Gasteiger charge is -2.14. The normalized spacial score (nSPS) is 12.6. The number of nitrogens with one attached hydrogen (secondary N) is 1. The molecule has 0 amide bonds. The molecule has 0 spiro atoms. The van der Waals surface area contributed by atoms with Crippen molar-refractivity contribution in [1.29, 1.82) is 0 Å². The highest BCUT2D eigenvalue weighted by Crippen LogP contribution is 2.29. The summed E-state index contributed by atoms with van der Waals surface area (Å²) in [4.78, 5) is 16.9. The van der Waals surface area contributed by atoms with Crippen molar-refractivity contribution in [1.82, 2.24) is 19.4 Å². The van der Waals surface area contributed by atoms with Crippen LogP contribution in [0.2, 0.25) is 5.02 Å². The van der Waals surface area contributed by atoms with E-state index in [2.05, 4.69) is 34.0 Å². The Hall–Kier alpha value is -2.51. The van der Waals surface area contributed by atoms with Crippen molar-refractivity contribution in [3.8, 4) is 11.4 Å². The Bertz CT molecular complexity index is 1300. The summed E-state index contributed by atoms with van der Waals surface area (Å²) in [7, 11) is 2.09. The molecule has 0 fully saturated rings. The molecule has 0 bridgehead atoms. The number of benzene rings is 1. The molecule has 6 nitrogen and oxygen atoms in total. The summed E-state index contributed by atoms with van der Waals surface area (Å²) in [6, 6.07) is 13.1. The van der Waals surface area contributed by atoms with Crippen LogP contribution in [-0.4, -0.2) is 20.7 Å². The van der Waals surface area contributed by atoms with Crippen LogP contribution in [0.25, 0.3) is 16.6 Å². The Balaban J connectivity index is 0.00000144. The maximum atomic E-state index is 12.7. The minimum atomic E-state index is -0.142. The molecule has 0 unspecified atom stereocenters. The second-order valence-corrected chi connectivity index (χ2v) is 7.88. The molecule has 0 aliphatic carbocycles. The zero-order valence-electron chi connectivity index (χ0n) is 17.4. The predicted octanol–water partition coefficient (Wildman–Crippen LogP) is 4.45. The van der Waals surface area contributed by atoms with E-state index in [0.717, 1.165) is 36.4 Å². The van der Waals surface area contributed by atoms with Gasteiger partial charge in [-0.25, -0.2) is 0 Å². The van der Waals surface area contributed by atoms with E-state index >= 15 is 0 Å². The Morgan fingerprint density at radius 1 is 1.16 bits per heavy atom. The number of aryl methyl sites for hydroxylation is 1. The minimum absolute atomic E-state index is 0. The highest BCUT2D eigenvalue weighted by Gasteiger charge is 2.18. The number of halogens is 3. The fourth-order valence-corrected chi connectivity index (χ4v) is 4.16. The quantitative estimate of drug-likeness (QED) is 0.456. The fourth-order valence-electron chi connectivity index (χ4n) is 4.04. The van der Waals surface area contributed by atoms with Crippen LogP contribution in [0.15, 0.2) is 59.7 Å². The molecule has 0 radical (unpaired) electrons. The van der Waals surface area contributed by atoms with Gasteiger partial charge in [-0.1, -0.05) is 17.7 Å². The molecule has 1 aliphatic rings. The third-order valence-corrected chi connectivity index (χ3v) is 5.83. The van der Waals surface area contributed by atoms with Gasteiger partial charge in [0.25, 0.3) is 5.56 Å². The summed E-state index contributed by atoms with van der Waals surface area (Å²) in [6.07, 6.45) is 4.35. The van der Waals surface area contributed by atoms with Gasteiger partial charge in [-0.15, -0.1) is 24.8 Å². The van der Waals surface area contributed by atoms with Crippen LogP contribution in [-0.2, 0) is 26.6 Å². The van der Waals surface area contributed by atoms with Gasteiger partial charge in [0.1, 0.15) is 12.4 Å². The first kappa shape index (κ1) is 24.1. The van der Waals surface area contributed by atoms with Crippen LogP contribution < -0.4 is 15.6 Å². The van der Waals surface area contributed by atoms with Gasteiger partial charge in [-0.2, -0.15) is 0 Å². The summed E-state index contributed by atoms with van der Waals surface area (Å²) >= 11 is 5.85. The molecule has 5 rings (SSSR count). The Kier molecular flexibility index (Phi) is 7.51. The largest absolute Gasteiger partial charge is 0.487 e. The summed E-state index contributed by atoms with van der Waals surface area (Å²) in [5.41, 5.74) is 5.31. The lowest BCUT2D eigenvalue weighted by Crippen LogP contribution is -2.24. The van der Waals surface area contributed by atoms with Crippen LogP contribution in [0.1, 0.15) is 17.0 Å². The highest BCUT2D eigenvalue weighted by molar-refractivity contribution is 6.30. The lowest BCUT2D eigenvalue weighted by molar-refractivity contribution is 0.300. The number of hydrogen-bond acceptors (Lipinski definition) is 4. The molecule has 0 saturated carbocycles. The van der Waals surface area contributed by atoms with E-state index in [0.29, 0.717) is 10.8 Å². The van der Waals surface area contributed by atoms with Crippen LogP contribution in [0, 0.1) is 0 Å². The molecule has 1 aliphatic heterocycles. The topological polar surface area (TPSA) is 61.1 Å². The van der Waals surface area contributed by atoms with Crippen LogP contribution in [0.5, 0.6) is 5.75 Å². The monoisotopic (exact) mass is 492 g/mol. The Labute approximate surface area is 203 Å². The highest BCUT2D eigenvalue weighted by atomic mass is 35.5. The number of fused-ring (bicyclic) bond motifs is 3. The van der Waals surface area contributed by atoms with Crippen molar-refractivity contribution in [2.45, 2.75) is 19.6 Å². The molecule has 4 aromatic rings. The first-order valence-corrected chi connectivity index (χ1v) is 10.3. The number of hydrogen-bond donors (Lipinski definition) is 1. The van der Waals surface area contributed by atoms with Gasteiger partial charge in [0.15, 0.2) is 0 Å². The van der Waals surface area contributed by atoms with E-state index in [-0.39, 0.29) is 37.0 Å². The number of ether oxygens (including phenoxy) is 1. The first-order valence-electron chi connectivity index (χ1n) is 9.87. The lowest BCUT2D eigenvalue weighted by atomic mass is 10.0. The molecule has 0 saturated heterocycles. The number of nitrogens with zero attached hydrogens (tertiary/aromatic N) is 3. The van der Waals surface area contributed by atoms with Crippen LogP contribution in [0.3, 0.4) is 0 Å². The molecule has 3 aromatic heterocycles. The second-order valence-electron chi connectivity index (χ2n) is 7.44. The number of rotatable bonds is 4. The summed E-state index contributed by atoms with van der Waals surface area (Å²) in [6.45, 7) is 2.15. The molecule has 0 atom stereocenters. The standard InChI is InChI=1S/C23H21ClN4O2.2ClH/c1-27-21-10-17(4-5-19(21)20-6-8-25-13-22(20)27)28-9-7-18(11-23(28)29)30-14-16-3-2-15(24)12-26-16;;/h2-5,7,9-12,25H,6,8,13-14H2,1H3;2*1H. The van der Waals surface area contributed by atoms with Gasteiger partial charge in [0.2, 0.25) is 0 Å². The predicted molar refractivity (Wildman–Crippen MR) is 132 cm³/mol. The maximum Gasteiger partial charge on any atom is 0.258 e. The fraction of sp³-hybridized carbons (Fsp3) is 0.217. The smallest absolute Gasteiger partial charge is 0.258 e. The molecular weight excluding hydrogens is 471 g/mol. The van der Waals surface area contributed by atoms with E-state index in [9.17, 15) is 4.79 Å². The van der Waals surface area contributed by atoms with Gasteiger partial charge in [0, 0.05) is 43.1 Å². The minimum Gasteiger partial charge on any atom is -0.487 e. The van der Waals surface area contributed by atoms with Crippen molar-refractivity contribution in [3.63, 3.8) is 0 Å². The van der Waals surface area contributed by atoms with Gasteiger partial charge in [-0.05, 0) is 48.9 Å². The van der Waals surface area contributed by atoms with E-state index in [4.69, 9.17) is 16.3 Å². The first-order chi connectivity index (χ1) is 14.6. The van der Waals surface area contributed by atoms with Gasteiger partial charge < -0.3 is 14.6 Å². The van der Waals surface area contributed by atoms with Crippen molar-refractivity contribution < 1.29 is 4.74 Å². The molecule has 168 valence electrons. The van der Waals surface area contributed by atoms with Crippen LogP contribution >= 0.6 is 36.4 Å². The summed E-state index contributed by atoms with van der Waals surface area (Å²) in [5.74, 6) is 0.509. The van der Waals surface area contributed by atoms with Crippen molar-refractivity contribution in [3.05, 3.63) is 87.2 Å². The van der Waals surface area contributed by atoms with E-state index in [1.54, 1.807) is 35.2 Å². The molecule has 4 heterocycles. The average Bonchev–Trinajstić information content (AvgIpc) is 3.05. The van der Waals surface area contributed by atoms with Gasteiger partial charge >= 0.3 is 0 Å². The van der Waals surface area contributed by atoms with Crippen molar-refractivity contribution >= 4 is 47.3 Å². The zero-order chi connectivity index (χ0) is 20.7. The third kappa shape index (κ3) is 4.50. The number of pyridine rings is 2. The van der Waals surface area contributed by atoms with Gasteiger partial charge in [0.05, 0.1) is 21.9 Å². The average molecular weight is 494 g/mol. The van der Waals surface area contributed by atoms with E-state index in [1.807, 2.05) is 6.07 Å². The van der Waals surface area contributed by atoms with E-state index in [1.165, 1.54) is 22.7 Å². The Morgan fingerprint density at radius 2 is 2.00 bits per heavy atom. The molecule has 1 N–H and O–H groups in total. The van der Waals surface area contributed by atoms with E-state index < -0.39 is 0 Å². The van der Waals surface area contributed by atoms with Crippen molar-refractivity contribution in [2.75, 3.05) is 6.54 Å². The molecule has 32 heavy (non-hydrogen) atoms. The molecular formula is C23H23Cl3N4O2. The Morgan fingerprint density at radius 3 is 2.75 bits per heavy atom. The maximum absolute atomic E-state index is 12.7. The second kappa shape index (κ2) is 9.96. The van der Waals surface area contributed by atoms with Crippen molar-refractivity contribution in [2.24, 2.45) is 7.05 Å². The zero-order valence-corrected chi connectivity index (χ0v) is 19.8. The molecule has 9 heteroatoms. The third-order valence-electron chi connectivity index (χ3n) is 5.61. The van der Waals surface area contributed by atoms with Crippen LogP contribution in [0.4, 0.5) is 0 Å². The summed E-state index contributed by atoms with van der Waals surface area (Å²) in [5, 5.41) is 5.27. The molecule has 1 aromatic carbocycles. The SMILES string of the molecule is Cl.Cl.Cn1c2c(c3ccc(-n4ccc(OCc5ccc(Cl)cn5)cc4=O)cc31)CCNC2. The summed E-state index contributed by atoms with van der Waals surface area (Å²) < 4.78 is 9.58.